The SMILES string of the molecule is C[C@]12CCC3C(C[C@H](O)[C@H]4CC(=CC=O)CC[C@]34C)C1CC[C@@H]2O. The number of carbonyl (C=O) groups excluding carboxylic acids is 1. The summed E-state index contributed by atoms with van der Waals surface area (Å²) in [7, 11) is 0. The minimum Gasteiger partial charge on any atom is -0.393 e. The highest BCUT2D eigenvalue weighted by molar-refractivity contribution is 5.66. The first kappa shape index (κ1) is 16.8. The Morgan fingerprint density at radius 2 is 1.75 bits per heavy atom. The first-order chi connectivity index (χ1) is 11.4. The van der Waals surface area contributed by atoms with Crippen LogP contribution in [0.5, 0.6) is 0 Å². The summed E-state index contributed by atoms with van der Waals surface area (Å²) < 4.78 is 0. The van der Waals surface area contributed by atoms with Gasteiger partial charge in [-0.1, -0.05) is 19.4 Å². The average molecular weight is 332 g/mol. The Labute approximate surface area is 145 Å². The average Bonchev–Trinajstić information content (AvgIpc) is 2.85. The minimum absolute atomic E-state index is 0.0708. The third-order valence-electron chi connectivity index (χ3n) is 8.83. The topological polar surface area (TPSA) is 57.5 Å². The molecule has 0 aliphatic heterocycles. The van der Waals surface area contributed by atoms with Crippen molar-refractivity contribution in [1.29, 1.82) is 0 Å². The van der Waals surface area contributed by atoms with Gasteiger partial charge in [0.15, 0.2) is 0 Å². The molecule has 4 aliphatic carbocycles. The molecule has 24 heavy (non-hydrogen) atoms. The van der Waals surface area contributed by atoms with E-state index in [9.17, 15) is 15.0 Å². The Kier molecular flexibility index (Phi) is 3.96. The van der Waals surface area contributed by atoms with Crippen LogP contribution in [0.3, 0.4) is 0 Å². The molecule has 0 saturated heterocycles. The Bertz CT molecular complexity index is 555. The minimum atomic E-state index is -0.258. The molecule has 0 bridgehead atoms. The quantitative estimate of drug-likeness (QED) is 0.571. The Morgan fingerprint density at radius 1 is 1.00 bits per heavy atom. The lowest BCUT2D eigenvalue weighted by molar-refractivity contribution is -0.156. The van der Waals surface area contributed by atoms with Gasteiger partial charge in [-0.3, -0.25) is 4.79 Å². The van der Waals surface area contributed by atoms with Gasteiger partial charge in [-0.25, -0.2) is 0 Å². The van der Waals surface area contributed by atoms with Gasteiger partial charge in [0.2, 0.25) is 0 Å². The van der Waals surface area contributed by atoms with Crippen LogP contribution in [0.1, 0.15) is 65.2 Å². The number of aliphatic hydroxyl groups excluding tert-OH is 2. The van der Waals surface area contributed by atoms with Gasteiger partial charge < -0.3 is 10.2 Å². The van der Waals surface area contributed by atoms with Gasteiger partial charge in [-0.15, -0.1) is 0 Å². The van der Waals surface area contributed by atoms with Crippen LogP contribution < -0.4 is 0 Å². The zero-order valence-corrected chi connectivity index (χ0v) is 15.1. The van der Waals surface area contributed by atoms with Crippen molar-refractivity contribution in [3.8, 4) is 0 Å². The number of carbonyl (C=O) groups is 1. The van der Waals surface area contributed by atoms with E-state index in [2.05, 4.69) is 13.8 Å². The van der Waals surface area contributed by atoms with Crippen LogP contribution in [0.25, 0.3) is 0 Å². The number of hydrogen-bond donors (Lipinski definition) is 2. The van der Waals surface area contributed by atoms with E-state index in [-0.39, 0.29) is 23.0 Å². The summed E-state index contributed by atoms with van der Waals surface area (Å²) in [5.74, 6) is 2.11. The summed E-state index contributed by atoms with van der Waals surface area (Å²) >= 11 is 0. The number of aliphatic hydroxyl groups is 2. The monoisotopic (exact) mass is 332 g/mol. The smallest absolute Gasteiger partial charge is 0.142 e. The maximum Gasteiger partial charge on any atom is 0.142 e. The maximum atomic E-state index is 11.0. The molecule has 3 heteroatoms. The van der Waals surface area contributed by atoms with Crippen LogP contribution in [-0.2, 0) is 4.79 Å². The van der Waals surface area contributed by atoms with Gasteiger partial charge in [0.05, 0.1) is 12.2 Å². The van der Waals surface area contributed by atoms with E-state index in [0.29, 0.717) is 23.7 Å². The summed E-state index contributed by atoms with van der Waals surface area (Å²) in [6.07, 6.45) is 10.5. The highest BCUT2D eigenvalue weighted by Crippen LogP contribution is 2.66. The van der Waals surface area contributed by atoms with Crippen molar-refractivity contribution in [3.05, 3.63) is 11.6 Å². The van der Waals surface area contributed by atoms with Gasteiger partial charge >= 0.3 is 0 Å². The zero-order chi connectivity index (χ0) is 17.1. The van der Waals surface area contributed by atoms with Crippen LogP contribution >= 0.6 is 0 Å². The Hall–Kier alpha value is -0.670. The second kappa shape index (κ2) is 5.67. The molecule has 8 atom stereocenters. The van der Waals surface area contributed by atoms with Gasteiger partial charge in [-0.2, -0.15) is 0 Å². The van der Waals surface area contributed by atoms with Crippen molar-refractivity contribution < 1.29 is 15.0 Å². The fourth-order valence-corrected chi connectivity index (χ4v) is 7.37. The maximum absolute atomic E-state index is 11.0. The van der Waals surface area contributed by atoms with Crippen molar-refractivity contribution >= 4 is 6.29 Å². The number of hydrogen-bond acceptors (Lipinski definition) is 3. The van der Waals surface area contributed by atoms with Crippen LogP contribution in [0, 0.1) is 34.5 Å². The molecular formula is C21H32O3. The van der Waals surface area contributed by atoms with E-state index in [1.54, 1.807) is 6.08 Å². The van der Waals surface area contributed by atoms with Crippen LogP contribution in [-0.4, -0.2) is 28.7 Å². The number of fused-ring (bicyclic) bond motifs is 5. The first-order valence-electron chi connectivity index (χ1n) is 9.89. The van der Waals surface area contributed by atoms with Gasteiger partial charge in [0.1, 0.15) is 6.29 Å². The molecule has 2 N–H and O–H groups in total. The molecule has 4 aliphatic rings. The van der Waals surface area contributed by atoms with Crippen molar-refractivity contribution in [1.82, 2.24) is 0 Å². The molecule has 3 unspecified atom stereocenters. The molecule has 4 rings (SSSR count). The molecule has 134 valence electrons. The molecule has 0 aromatic carbocycles. The summed E-state index contributed by atoms with van der Waals surface area (Å²) in [6, 6.07) is 0. The van der Waals surface area contributed by atoms with Gasteiger partial charge in [-0.05, 0) is 91.9 Å². The molecular weight excluding hydrogens is 300 g/mol. The fraction of sp³-hybridized carbons (Fsp3) is 0.857. The number of rotatable bonds is 1. The van der Waals surface area contributed by atoms with E-state index < -0.39 is 0 Å². The fourth-order valence-electron chi connectivity index (χ4n) is 7.37. The number of allylic oxidation sites excluding steroid dienone is 2. The van der Waals surface area contributed by atoms with Crippen molar-refractivity contribution in [3.63, 3.8) is 0 Å². The summed E-state index contributed by atoms with van der Waals surface area (Å²) in [6.45, 7) is 4.70. The zero-order valence-electron chi connectivity index (χ0n) is 15.1. The van der Waals surface area contributed by atoms with Crippen LogP contribution in [0.15, 0.2) is 11.6 Å². The van der Waals surface area contributed by atoms with Gasteiger partial charge in [0, 0.05) is 0 Å². The highest BCUT2D eigenvalue weighted by Gasteiger charge is 2.61. The van der Waals surface area contributed by atoms with E-state index in [4.69, 9.17) is 0 Å². The van der Waals surface area contributed by atoms with Crippen molar-refractivity contribution in [2.75, 3.05) is 0 Å². The predicted octanol–water partition coefficient (Wildman–Crippen LogP) is 3.49. The van der Waals surface area contributed by atoms with Crippen LogP contribution in [0.2, 0.25) is 0 Å². The Balaban J connectivity index is 1.64. The molecule has 0 amide bonds. The number of aldehydes is 1. The van der Waals surface area contributed by atoms with E-state index in [0.717, 1.165) is 51.2 Å². The molecule has 4 fully saturated rings. The Morgan fingerprint density at radius 3 is 2.50 bits per heavy atom. The summed E-state index contributed by atoms with van der Waals surface area (Å²) in [5.41, 5.74) is 1.49. The standard InChI is InChI=1S/C21H32O3/c1-20-8-5-13(7-10-22)11-17(20)18(23)12-14-15-3-4-19(24)21(15,2)9-6-16(14)20/h7,10,14-19,23-24H,3-6,8-9,11-12H2,1-2H3/t14?,15?,16?,17-,18+,19+,20-,21+/m1/s1. The lowest BCUT2D eigenvalue weighted by Gasteiger charge is -2.61. The normalized spacial score (nSPS) is 55.6. The third kappa shape index (κ3) is 2.20. The molecule has 0 heterocycles. The second-order valence-corrected chi connectivity index (χ2v) is 9.59. The summed E-state index contributed by atoms with van der Waals surface area (Å²) in [4.78, 5) is 10.9. The largest absolute Gasteiger partial charge is 0.393 e. The van der Waals surface area contributed by atoms with Gasteiger partial charge in [0.25, 0.3) is 0 Å². The van der Waals surface area contributed by atoms with Crippen molar-refractivity contribution in [2.24, 2.45) is 34.5 Å². The summed E-state index contributed by atoms with van der Waals surface area (Å²) in [5, 5.41) is 21.5. The van der Waals surface area contributed by atoms with E-state index in [1.165, 1.54) is 12.0 Å². The van der Waals surface area contributed by atoms with E-state index >= 15 is 0 Å². The second-order valence-electron chi connectivity index (χ2n) is 9.59. The molecule has 0 radical (unpaired) electrons. The van der Waals surface area contributed by atoms with Crippen LogP contribution in [0.4, 0.5) is 0 Å². The first-order valence-corrected chi connectivity index (χ1v) is 9.89. The lowest BCUT2D eigenvalue weighted by Crippen LogP contribution is -2.57. The highest BCUT2D eigenvalue weighted by atomic mass is 16.3. The van der Waals surface area contributed by atoms with E-state index in [1.807, 2.05) is 0 Å². The lowest BCUT2D eigenvalue weighted by atomic mass is 9.44. The third-order valence-corrected chi connectivity index (χ3v) is 8.83. The molecule has 0 aromatic rings. The predicted molar refractivity (Wildman–Crippen MR) is 93.3 cm³/mol. The molecule has 4 saturated carbocycles. The van der Waals surface area contributed by atoms with Crippen molar-refractivity contribution in [2.45, 2.75) is 77.4 Å². The molecule has 0 aromatic heterocycles. The molecule has 3 nitrogen and oxygen atoms in total. The molecule has 0 spiro atoms.